The highest BCUT2D eigenvalue weighted by atomic mass is 32.2. The van der Waals surface area contributed by atoms with E-state index in [0.717, 1.165) is 21.5 Å². The fourth-order valence-electron chi connectivity index (χ4n) is 4.24. The van der Waals surface area contributed by atoms with Crippen molar-refractivity contribution in [2.45, 2.75) is 4.90 Å². The first kappa shape index (κ1) is 23.9. The van der Waals surface area contributed by atoms with E-state index in [2.05, 4.69) is 29.5 Å². The van der Waals surface area contributed by atoms with Crippen LogP contribution in [0, 0.1) is 0 Å². The van der Waals surface area contributed by atoms with Crippen LogP contribution in [0.15, 0.2) is 103 Å². The van der Waals surface area contributed by atoms with E-state index in [1.54, 1.807) is 12.1 Å². The van der Waals surface area contributed by atoms with Gasteiger partial charge in [-0.25, -0.2) is 13.4 Å². The van der Waals surface area contributed by atoms with Gasteiger partial charge in [0.25, 0.3) is 5.91 Å². The molecule has 5 rings (SSSR count). The van der Waals surface area contributed by atoms with Crippen molar-refractivity contribution in [1.29, 1.82) is 0 Å². The third-order valence-corrected chi connectivity index (χ3v) is 8.64. The predicted molar refractivity (Wildman–Crippen MR) is 148 cm³/mol. The summed E-state index contributed by atoms with van der Waals surface area (Å²) in [4.78, 5) is 18.2. The highest BCUT2D eigenvalue weighted by molar-refractivity contribution is 7.89. The van der Waals surface area contributed by atoms with Crippen molar-refractivity contribution in [2.75, 3.05) is 18.4 Å². The number of hydrogen-bond acceptors (Lipinski definition) is 5. The molecule has 6 nitrogen and oxygen atoms in total. The van der Waals surface area contributed by atoms with E-state index >= 15 is 0 Å². The number of amides is 1. The molecule has 4 aromatic carbocycles. The minimum absolute atomic E-state index is 0.153. The molecule has 1 aromatic heterocycles. The fraction of sp³-hybridized carbons (Fsp3) is 0.0714. The van der Waals surface area contributed by atoms with Crippen LogP contribution in [0.1, 0.15) is 10.4 Å². The van der Waals surface area contributed by atoms with Crippen LogP contribution in [0.3, 0.4) is 0 Å². The SMILES string of the molecule is C=CCN(CC=C)S(=O)(=O)c1ccc2nc(NC(=O)c3c4ccccc4cc4ccccc34)sc2c1. The third kappa shape index (κ3) is 4.30. The Kier molecular flexibility index (Phi) is 6.40. The van der Waals surface area contributed by atoms with E-state index in [1.807, 2.05) is 48.5 Å². The number of rotatable bonds is 8. The Bertz CT molecular complexity index is 1690. The van der Waals surface area contributed by atoms with Crippen LogP contribution in [-0.4, -0.2) is 36.7 Å². The van der Waals surface area contributed by atoms with E-state index in [9.17, 15) is 13.2 Å². The highest BCUT2D eigenvalue weighted by Crippen LogP contribution is 2.32. The van der Waals surface area contributed by atoms with Crippen molar-refractivity contribution in [3.63, 3.8) is 0 Å². The van der Waals surface area contributed by atoms with Crippen LogP contribution in [0.5, 0.6) is 0 Å². The number of carbonyl (C=O) groups is 1. The molecule has 1 amide bonds. The predicted octanol–water partition coefficient (Wildman–Crippen LogP) is 6.22. The van der Waals surface area contributed by atoms with Crippen molar-refractivity contribution in [1.82, 2.24) is 9.29 Å². The first-order valence-electron chi connectivity index (χ1n) is 11.3. The normalized spacial score (nSPS) is 11.8. The van der Waals surface area contributed by atoms with Crippen molar-refractivity contribution < 1.29 is 13.2 Å². The monoisotopic (exact) mass is 513 g/mol. The maximum atomic E-state index is 13.5. The number of aromatic nitrogens is 1. The average Bonchev–Trinajstić information content (AvgIpc) is 3.28. The molecule has 1 N–H and O–H groups in total. The Balaban J connectivity index is 1.52. The second-order valence-corrected chi connectivity index (χ2v) is 11.2. The molecule has 0 saturated heterocycles. The second-order valence-electron chi connectivity index (χ2n) is 8.20. The number of nitrogens with zero attached hydrogens (tertiary/aromatic N) is 2. The van der Waals surface area contributed by atoms with Gasteiger partial charge in [-0.1, -0.05) is 72.0 Å². The molecule has 36 heavy (non-hydrogen) atoms. The molecule has 5 aromatic rings. The second kappa shape index (κ2) is 9.66. The number of fused-ring (bicyclic) bond motifs is 3. The van der Waals surface area contributed by atoms with Gasteiger partial charge in [-0.2, -0.15) is 4.31 Å². The topological polar surface area (TPSA) is 79.4 Å². The van der Waals surface area contributed by atoms with E-state index in [4.69, 9.17) is 0 Å². The molecule has 1 heterocycles. The summed E-state index contributed by atoms with van der Waals surface area (Å²) < 4.78 is 28.2. The van der Waals surface area contributed by atoms with E-state index in [0.29, 0.717) is 20.9 Å². The molecule has 180 valence electrons. The van der Waals surface area contributed by atoms with Gasteiger partial charge in [0, 0.05) is 13.1 Å². The first-order valence-corrected chi connectivity index (χ1v) is 13.5. The van der Waals surface area contributed by atoms with Gasteiger partial charge in [0.1, 0.15) is 0 Å². The maximum absolute atomic E-state index is 13.5. The molecule has 0 spiro atoms. The lowest BCUT2D eigenvalue weighted by Gasteiger charge is -2.18. The van der Waals surface area contributed by atoms with Crippen molar-refractivity contribution in [3.8, 4) is 0 Å². The molecule has 0 atom stereocenters. The molecule has 0 radical (unpaired) electrons. The van der Waals surface area contributed by atoms with Crippen LogP contribution >= 0.6 is 11.3 Å². The van der Waals surface area contributed by atoms with Gasteiger partial charge in [0.2, 0.25) is 10.0 Å². The van der Waals surface area contributed by atoms with Crippen LogP contribution in [-0.2, 0) is 10.0 Å². The summed E-state index contributed by atoms with van der Waals surface area (Å²) in [7, 11) is -3.74. The number of sulfonamides is 1. The van der Waals surface area contributed by atoms with Crippen LogP contribution in [0.4, 0.5) is 5.13 Å². The largest absolute Gasteiger partial charge is 0.298 e. The van der Waals surface area contributed by atoms with E-state index in [1.165, 1.54) is 33.9 Å². The van der Waals surface area contributed by atoms with Crippen molar-refractivity contribution in [2.24, 2.45) is 0 Å². The standard InChI is InChI=1S/C28H23N3O3S2/c1-3-15-31(16-4-2)36(33,34)21-13-14-24-25(18-21)35-28(29-24)30-27(32)26-22-11-7-5-9-19(22)17-20-10-6-8-12-23(20)26/h3-14,17-18H,1-2,15-16H2,(H,29,30,32). The lowest BCUT2D eigenvalue weighted by atomic mass is 9.96. The number of nitrogens with one attached hydrogen (secondary N) is 1. The average molecular weight is 514 g/mol. The Labute approximate surface area is 213 Å². The molecular weight excluding hydrogens is 490 g/mol. The number of benzene rings is 4. The van der Waals surface area contributed by atoms with Crippen LogP contribution in [0.2, 0.25) is 0 Å². The zero-order chi connectivity index (χ0) is 25.3. The molecule has 0 saturated carbocycles. The molecule has 0 aliphatic rings. The Hall–Kier alpha value is -3.85. The summed E-state index contributed by atoms with van der Waals surface area (Å²) in [5.74, 6) is -0.266. The van der Waals surface area contributed by atoms with E-state index < -0.39 is 10.0 Å². The highest BCUT2D eigenvalue weighted by Gasteiger charge is 2.23. The first-order chi connectivity index (χ1) is 17.4. The maximum Gasteiger partial charge on any atom is 0.258 e. The van der Waals surface area contributed by atoms with Gasteiger partial charge in [0.05, 0.1) is 20.7 Å². The lowest BCUT2D eigenvalue weighted by Crippen LogP contribution is -2.31. The van der Waals surface area contributed by atoms with Gasteiger partial charge in [0.15, 0.2) is 5.13 Å². The smallest absolute Gasteiger partial charge is 0.258 e. The zero-order valence-corrected chi connectivity index (χ0v) is 21.0. The van der Waals surface area contributed by atoms with Gasteiger partial charge >= 0.3 is 0 Å². The quantitative estimate of drug-likeness (QED) is 0.197. The Morgan fingerprint density at radius 1 is 0.917 bits per heavy atom. The summed E-state index contributed by atoms with van der Waals surface area (Å²) >= 11 is 1.23. The zero-order valence-electron chi connectivity index (χ0n) is 19.3. The van der Waals surface area contributed by atoms with Gasteiger partial charge in [-0.05, 0) is 45.8 Å². The van der Waals surface area contributed by atoms with Gasteiger partial charge in [-0.15, -0.1) is 13.2 Å². The molecule has 0 unspecified atom stereocenters. The molecule has 0 bridgehead atoms. The van der Waals surface area contributed by atoms with Gasteiger partial charge < -0.3 is 0 Å². The summed E-state index contributed by atoms with van der Waals surface area (Å²) in [6.45, 7) is 7.64. The Morgan fingerprint density at radius 2 is 1.53 bits per heavy atom. The van der Waals surface area contributed by atoms with Crippen molar-refractivity contribution in [3.05, 3.63) is 104 Å². The number of hydrogen-bond donors (Lipinski definition) is 1. The summed E-state index contributed by atoms with van der Waals surface area (Å²) in [5.41, 5.74) is 1.19. The molecule has 0 fully saturated rings. The summed E-state index contributed by atoms with van der Waals surface area (Å²) in [6.07, 6.45) is 3.08. The molecule has 0 aliphatic heterocycles. The summed E-state index contributed by atoms with van der Waals surface area (Å²) in [5, 5.41) is 7.00. The number of carbonyl (C=O) groups excluding carboxylic acids is 1. The molecule has 8 heteroatoms. The number of thiazole rings is 1. The molecular formula is C28H23N3O3S2. The Morgan fingerprint density at radius 3 is 2.14 bits per heavy atom. The third-order valence-electron chi connectivity index (χ3n) is 5.88. The molecule has 0 aliphatic carbocycles. The lowest BCUT2D eigenvalue weighted by molar-refractivity contribution is 0.103. The minimum atomic E-state index is -3.74. The number of anilines is 1. The van der Waals surface area contributed by atoms with Crippen LogP contribution in [0.25, 0.3) is 31.8 Å². The van der Waals surface area contributed by atoms with Crippen LogP contribution < -0.4 is 5.32 Å². The van der Waals surface area contributed by atoms with E-state index in [-0.39, 0.29) is 23.9 Å². The van der Waals surface area contributed by atoms with Crippen molar-refractivity contribution >= 4 is 64.2 Å². The van der Waals surface area contributed by atoms with Gasteiger partial charge in [-0.3, -0.25) is 10.1 Å². The fourth-order valence-corrected chi connectivity index (χ4v) is 6.63. The minimum Gasteiger partial charge on any atom is -0.298 e. The summed E-state index contributed by atoms with van der Waals surface area (Å²) in [6, 6.07) is 22.4.